The zero-order valence-electron chi connectivity index (χ0n) is 13.8. The third-order valence-electron chi connectivity index (χ3n) is 3.06. The van der Waals surface area contributed by atoms with Crippen LogP contribution in [0.25, 0.3) is 0 Å². The van der Waals surface area contributed by atoms with E-state index in [1.807, 2.05) is 0 Å². The molecule has 0 aliphatic carbocycles. The van der Waals surface area contributed by atoms with Gasteiger partial charge in [-0.05, 0) is 36.4 Å². The zero-order chi connectivity index (χ0) is 17.9. The Labute approximate surface area is 145 Å². The van der Waals surface area contributed by atoms with Crippen molar-refractivity contribution >= 4 is 5.91 Å². The number of ether oxygens (including phenoxy) is 3. The highest BCUT2D eigenvalue weighted by Crippen LogP contribution is 2.16. The second kappa shape index (κ2) is 9.83. The quantitative estimate of drug-likeness (QED) is 0.785. The normalized spacial score (nSPS) is 9.52. The highest BCUT2D eigenvalue weighted by Gasteiger charge is 2.02. The minimum Gasteiger partial charge on any atom is -0.497 e. The van der Waals surface area contributed by atoms with Crippen LogP contribution in [0.1, 0.15) is 0 Å². The number of methoxy groups -OCH3 is 1. The van der Waals surface area contributed by atoms with E-state index in [4.69, 9.17) is 14.2 Å². The number of amides is 1. The van der Waals surface area contributed by atoms with Crippen molar-refractivity contribution in [2.24, 2.45) is 0 Å². The van der Waals surface area contributed by atoms with Crippen molar-refractivity contribution in [3.63, 3.8) is 0 Å². The summed E-state index contributed by atoms with van der Waals surface area (Å²) in [5.74, 6) is 6.11. The number of carbonyl (C=O) groups excluding carboxylic acids is 1. The van der Waals surface area contributed by atoms with Crippen LogP contribution in [-0.2, 0) is 4.79 Å². The van der Waals surface area contributed by atoms with Crippen molar-refractivity contribution in [2.75, 3.05) is 26.9 Å². The van der Waals surface area contributed by atoms with Gasteiger partial charge in [0.25, 0.3) is 5.91 Å². The van der Waals surface area contributed by atoms with Crippen LogP contribution in [-0.4, -0.2) is 32.8 Å². The largest absolute Gasteiger partial charge is 0.497 e. The number of nitrogens with one attached hydrogen (secondary N) is 1. The van der Waals surface area contributed by atoms with Crippen LogP contribution in [0.15, 0.2) is 48.5 Å². The molecular formula is C19H18FNO4. The molecule has 1 amide bonds. The van der Waals surface area contributed by atoms with Gasteiger partial charge in [-0.25, -0.2) is 4.39 Å². The topological polar surface area (TPSA) is 56.8 Å². The van der Waals surface area contributed by atoms with Gasteiger partial charge in [0.15, 0.2) is 18.2 Å². The summed E-state index contributed by atoms with van der Waals surface area (Å²) in [5, 5.41) is 2.59. The minimum atomic E-state index is -0.437. The number of carbonyl (C=O) groups is 1. The average molecular weight is 343 g/mol. The van der Waals surface area contributed by atoms with Gasteiger partial charge in [-0.1, -0.05) is 24.0 Å². The monoisotopic (exact) mass is 343 g/mol. The van der Waals surface area contributed by atoms with Gasteiger partial charge in [-0.2, -0.15) is 0 Å². The van der Waals surface area contributed by atoms with Crippen molar-refractivity contribution in [3.8, 4) is 29.1 Å². The molecule has 2 rings (SSSR count). The molecule has 0 heterocycles. The summed E-state index contributed by atoms with van der Waals surface area (Å²) < 4.78 is 28.8. The maximum absolute atomic E-state index is 13.3. The Balaban J connectivity index is 1.63. The van der Waals surface area contributed by atoms with Gasteiger partial charge in [-0.15, -0.1) is 0 Å². The minimum absolute atomic E-state index is 0.0408. The molecule has 2 aromatic carbocycles. The lowest BCUT2D eigenvalue weighted by Crippen LogP contribution is -2.29. The lowest BCUT2D eigenvalue weighted by atomic mass is 10.3. The predicted octanol–water partition coefficient (Wildman–Crippen LogP) is 2.41. The van der Waals surface area contributed by atoms with Crippen LogP contribution in [0.2, 0.25) is 0 Å². The standard InChI is InChI=1S/C19H18FNO4/c1-23-15-8-10-16(11-9-15)25-14-19(22)21-12-4-5-13-24-18-7-3-2-6-17(18)20/h2-3,6-11H,12-14H2,1H3,(H,21,22). The molecule has 0 atom stereocenters. The number of hydrogen-bond acceptors (Lipinski definition) is 4. The first-order chi connectivity index (χ1) is 12.2. The Bertz CT molecular complexity index is 750. The summed E-state index contributed by atoms with van der Waals surface area (Å²) in [4.78, 5) is 11.6. The summed E-state index contributed by atoms with van der Waals surface area (Å²) in [6.07, 6.45) is 0. The Kier molecular flexibility index (Phi) is 7.13. The van der Waals surface area contributed by atoms with Crippen LogP contribution < -0.4 is 19.5 Å². The van der Waals surface area contributed by atoms with Crippen molar-refractivity contribution in [3.05, 3.63) is 54.3 Å². The first-order valence-corrected chi connectivity index (χ1v) is 7.55. The second-order valence-corrected chi connectivity index (χ2v) is 4.81. The van der Waals surface area contributed by atoms with Gasteiger partial charge in [0.2, 0.25) is 0 Å². The molecule has 0 aromatic heterocycles. The number of rotatable bonds is 7. The molecule has 0 radical (unpaired) electrons. The molecule has 0 fully saturated rings. The summed E-state index contributed by atoms with van der Waals surface area (Å²) in [7, 11) is 1.58. The SMILES string of the molecule is COc1ccc(OCC(=O)NCC#CCOc2ccccc2F)cc1. The van der Waals surface area contributed by atoms with Crippen molar-refractivity contribution in [2.45, 2.75) is 0 Å². The van der Waals surface area contributed by atoms with Crippen LogP contribution in [0.4, 0.5) is 4.39 Å². The lowest BCUT2D eigenvalue weighted by Gasteiger charge is -2.06. The van der Waals surface area contributed by atoms with Gasteiger partial charge in [0, 0.05) is 0 Å². The van der Waals surface area contributed by atoms with Gasteiger partial charge in [-0.3, -0.25) is 4.79 Å². The highest BCUT2D eigenvalue weighted by molar-refractivity contribution is 5.77. The lowest BCUT2D eigenvalue weighted by molar-refractivity contribution is -0.122. The molecule has 0 aliphatic heterocycles. The van der Waals surface area contributed by atoms with Gasteiger partial charge in [0.1, 0.15) is 18.1 Å². The summed E-state index contributed by atoms with van der Waals surface area (Å²) in [6, 6.07) is 13.0. The van der Waals surface area contributed by atoms with E-state index in [2.05, 4.69) is 17.2 Å². The molecule has 0 aliphatic rings. The molecule has 0 saturated carbocycles. The van der Waals surface area contributed by atoms with Gasteiger partial charge >= 0.3 is 0 Å². The molecule has 6 heteroatoms. The fourth-order valence-electron chi connectivity index (χ4n) is 1.80. The molecule has 0 bridgehead atoms. The molecule has 130 valence electrons. The van der Waals surface area contributed by atoms with E-state index < -0.39 is 5.82 Å². The zero-order valence-corrected chi connectivity index (χ0v) is 13.8. The van der Waals surface area contributed by atoms with E-state index in [0.29, 0.717) is 11.5 Å². The molecule has 25 heavy (non-hydrogen) atoms. The maximum atomic E-state index is 13.3. The summed E-state index contributed by atoms with van der Waals surface area (Å²) in [6.45, 7) is 0.0876. The number of halogens is 1. The average Bonchev–Trinajstić information content (AvgIpc) is 2.64. The number of benzene rings is 2. The van der Waals surface area contributed by atoms with E-state index in [-0.39, 0.29) is 31.4 Å². The Morgan fingerprint density at radius 3 is 2.48 bits per heavy atom. The number of hydrogen-bond donors (Lipinski definition) is 1. The third kappa shape index (κ3) is 6.43. The molecular weight excluding hydrogens is 325 g/mol. The first kappa shape index (κ1) is 18.1. The number of para-hydroxylation sites is 1. The van der Waals surface area contributed by atoms with Gasteiger partial charge < -0.3 is 19.5 Å². The summed E-state index contributed by atoms with van der Waals surface area (Å²) in [5.41, 5.74) is 0. The highest BCUT2D eigenvalue weighted by atomic mass is 19.1. The van der Waals surface area contributed by atoms with Crippen molar-refractivity contribution in [1.29, 1.82) is 0 Å². The van der Waals surface area contributed by atoms with E-state index in [9.17, 15) is 9.18 Å². The smallest absolute Gasteiger partial charge is 0.258 e. The maximum Gasteiger partial charge on any atom is 0.258 e. The van der Waals surface area contributed by atoms with E-state index in [1.165, 1.54) is 12.1 Å². The van der Waals surface area contributed by atoms with E-state index in [0.717, 1.165) is 0 Å². The van der Waals surface area contributed by atoms with E-state index in [1.54, 1.807) is 43.5 Å². The molecule has 0 spiro atoms. The van der Waals surface area contributed by atoms with Crippen molar-refractivity contribution < 1.29 is 23.4 Å². The Morgan fingerprint density at radius 1 is 1.04 bits per heavy atom. The predicted molar refractivity (Wildman–Crippen MR) is 91.2 cm³/mol. The molecule has 1 N–H and O–H groups in total. The third-order valence-corrected chi connectivity index (χ3v) is 3.06. The second-order valence-electron chi connectivity index (χ2n) is 4.81. The molecule has 5 nitrogen and oxygen atoms in total. The molecule has 0 unspecified atom stereocenters. The van der Waals surface area contributed by atoms with Crippen LogP contribution in [0.5, 0.6) is 17.2 Å². The Morgan fingerprint density at radius 2 is 1.76 bits per heavy atom. The Hall–Kier alpha value is -3.20. The van der Waals surface area contributed by atoms with Crippen LogP contribution >= 0.6 is 0 Å². The fourth-order valence-corrected chi connectivity index (χ4v) is 1.80. The first-order valence-electron chi connectivity index (χ1n) is 7.55. The van der Waals surface area contributed by atoms with Crippen LogP contribution in [0.3, 0.4) is 0 Å². The van der Waals surface area contributed by atoms with E-state index >= 15 is 0 Å². The van der Waals surface area contributed by atoms with Crippen LogP contribution in [0, 0.1) is 17.7 Å². The fraction of sp³-hybridized carbons (Fsp3) is 0.211. The van der Waals surface area contributed by atoms with Crippen molar-refractivity contribution in [1.82, 2.24) is 5.32 Å². The van der Waals surface area contributed by atoms with Gasteiger partial charge in [0.05, 0.1) is 13.7 Å². The summed E-state index contributed by atoms with van der Waals surface area (Å²) >= 11 is 0. The molecule has 0 saturated heterocycles. The molecule has 2 aromatic rings.